The largest absolute Gasteiger partial charge is 0.304 e. The van der Waals surface area contributed by atoms with Gasteiger partial charge in [0.25, 0.3) is 0 Å². The number of carbonyl (C=O) groups is 1. The maximum Gasteiger partial charge on any atom is 0.162 e. The first-order valence-corrected chi connectivity index (χ1v) is 15.2. The number of carbonyl (C=O) groups excluding carboxylic acids is 1. The molecule has 0 unspecified atom stereocenters. The molecule has 0 saturated carbocycles. The average Bonchev–Trinajstić information content (AvgIpc) is 3.31. The number of hydrogen-bond donors (Lipinski definition) is 0. The van der Waals surface area contributed by atoms with E-state index in [1.54, 1.807) is 0 Å². The lowest BCUT2D eigenvalue weighted by Crippen LogP contribution is -2.43. The molecule has 4 aromatic rings. The van der Waals surface area contributed by atoms with Crippen molar-refractivity contribution in [3.05, 3.63) is 100 Å². The fourth-order valence-electron chi connectivity index (χ4n) is 5.96. The Bertz CT molecular complexity index is 1620. The molecule has 6 rings (SSSR count). The average molecular weight is 581 g/mol. The highest BCUT2D eigenvalue weighted by molar-refractivity contribution is 6.30. The Balaban J connectivity index is 1.44. The zero-order chi connectivity index (χ0) is 29.2. The van der Waals surface area contributed by atoms with Crippen LogP contribution in [0.4, 0.5) is 0 Å². The lowest BCUT2D eigenvalue weighted by Gasteiger charge is -2.32. The van der Waals surface area contributed by atoms with Gasteiger partial charge in [-0.2, -0.15) is 0 Å². The molecule has 0 amide bonds. The van der Waals surface area contributed by atoms with E-state index in [0.29, 0.717) is 17.3 Å². The molecule has 1 atom stereocenters. The van der Waals surface area contributed by atoms with E-state index in [2.05, 4.69) is 74.1 Å². The number of nitrogens with zero attached hydrogens (tertiary/aromatic N) is 6. The highest BCUT2D eigenvalue weighted by Crippen LogP contribution is 2.35. The molecule has 0 aliphatic carbocycles. The molecule has 7 nitrogen and oxygen atoms in total. The SMILES string of the molecule is CCCC(=O)C[C@@H]1N=C(c2ccc(Cl)cc2)c2cc(-c3cccc(CN4CCN(C)CC4)c3)ccc2-n2c(C)nnc21. The minimum Gasteiger partial charge on any atom is -0.304 e. The Kier molecular flexibility index (Phi) is 8.34. The first-order valence-electron chi connectivity index (χ1n) is 14.8. The standard InChI is InChI=1S/C34H37ClN6O/c1-4-6-29(42)21-31-34-38-37-23(2)41(34)32-14-11-27(20-30(32)33(36-31)25-9-12-28(35)13-10-25)26-8-5-7-24(19-26)22-40-17-15-39(3)16-18-40/h5,7-14,19-20,31H,4,6,15-18,21-22H2,1-3H3/t31-/m0/s1. The summed E-state index contributed by atoms with van der Waals surface area (Å²) in [5.74, 6) is 1.65. The number of hydrogen-bond acceptors (Lipinski definition) is 6. The van der Waals surface area contributed by atoms with Gasteiger partial charge in [-0.25, -0.2) is 0 Å². The van der Waals surface area contributed by atoms with Crippen LogP contribution in [0, 0.1) is 6.92 Å². The smallest absolute Gasteiger partial charge is 0.162 e. The van der Waals surface area contributed by atoms with Crippen molar-refractivity contribution < 1.29 is 4.79 Å². The molecule has 2 aliphatic heterocycles. The van der Waals surface area contributed by atoms with Gasteiger partial charge in [-0.05, 0) is 67.4 Å². The Morgan fingerprint density at radius 2 is 1.67 bits per heavy atom. The molecule has 1 saturated heterocycles. The summed E-state index contributed by atoms with van der Waals surface area (Å²) in [5, 5.41) is 9.61. The number of likely N-dealkylation sites (N-methyl/N-ethyl adjacent to an activating group) is 1. The zero-order valence-corrected chi connectivity index (χ0v) is 25.3. The third kappa shape index (κ3) is 5.95. The lowest BCUT2D eigenvalue weighted by atomic mass is 9.95. The highest BCUT2D eigenvalue weighted by atomic mass is 35.5. The van der Waals surface area contributed by atoms with Crippen LogP contribution in [-0.4, -0.2) is 69.3 Å². The van der Waals surface area contributed by atoms with Crippen molar-refractivity contribution in [1.82, 2.24) is 24.6 Å². The monoisotopic (exact) mass is 580 g/mol. The van der Waals surface area contributed by atoms with Crippen molar-refractivity contribution in [3.63, 3.8) is 0 Å². The summed E-state index contributed by atoms with van der Waals surface area (Å²) < 4.78 is 2.07. The molecule has 0 N–H and O–H groups in total. The van der Waals surface area contributed by atoms with E-state index in [9.17, 15) is 4.79 Å². The summed E-state index contributed by atoms with van der Waals surface area (Å²) in [6.07, 6.45) is 1.62. The number of halogens is 1. The summed E-state index contributed by atoms with van der Waals surface area (Å²) in [4.78, 5) is 23.0. The van der Waals surface area contributed by atoms with Crippen LogP contribution in [0.15, 0.2) is 71.7 Å². The lowest BCUT2D eigenvalue weighted by molar-refractivity contribution is -0.119. The number of aliphatic imine (C=N–C) groups is 1. The van der Waals surface area contributed by atoms with Crippen molar-refractivity contribution >= 4 is 23.1 Å². The molecule has 1 aromatic heterocycles. The van der Waals surface area contributed by atoms with Crippen LogP contribution in [-0.2, 0) is 11.3 Å². The molecule has 1 fully saturated rings. The van der Waals surface area contributed by atoms with E-state index in [1.807, 2.05) is 38.1 Å². The molecule has 0 bridgehead atoms. The summed E-state index contributed by atoms with van der Waals surface area (Å²) >= 11 is 6.28. The quantitative estimate of drug-likeness (QED) is 0.245. The van der Waals surface area contributed by atoms with Crippen LogP contribution >= 0.6 is 11.6 Å². The summed E-state index contributed by atoms with van der Waals surface area (Å²) in [6.45, 7) is 9.30. The van der Waals surface area contributed by atoms with Crippen molar-refractivity contribution in [2.24, 2.45) is 4.99 Å². The minimum absolute atomic E-state index is 0.178. The molecule has 3 aromatic carbocycles. The Labute approximate surface area is 252 Å². The molecule has 8 heteroatoms. The van der Waals surface area contributed by atoms with Crippen LogP contribution in [0.3, 0.4) is 0 Å². The Hall–Kier alpha value is -3.65. The molecule has 216 valence electrons. The van der Waals surface area contributed by atoms with Gasteiger partial charge in [-0.3, -0.25) is 19.3 Å². The molecule has 0 radical (unpaired) electrons. The molecule has 0 spiro atoms. The number of ketones is 1. The van der Waals surface area contributed by atoms with Gasteiger partial charge in [0.05, 0.1) is 11.4 Å². The second-order valence-electron chi connectivity index (χ2n) is 11.4. The maximum absolute atomic E-state index is 12.9. The van der Waals surface area contributed by atoms with Gasteiger partial charge in [-0.1, -0.05) is 54.9 Å². The molecular weight excluding hydrogens is 544 g/mol. The number of Topliss-reactive ketones (excluding diaryl/α,β-unsaturated/α-hetero) is 1. The Morgan fingerprint density at radius 1 is 0.929 bits per heavy atom. The van der Waals surface area contributed by atoms with Gasteiger partial charge in [0.2, 0.25) is 0 Å². The van der Waals surface area contributed by atoms with Crippen LogP contribution < -0.4 is 0 Å². The van der Waals surface area contributed by atoms with Gasteiger partial charge in [0.1, 0.15) is 17.6 Å². The second-order valence-corrected chi connectivity index (χ2v) is 11.9. The fourth-order valence-corrected chi connectivity index (χ4v) is 6.09. The number of aryl methyl sites for hydroxylation is 1. The van der Waals surface area contributed by atoms with Crippen LogP contribution in [0.25, 0.3) is 16.8 Å². The van der Waals surface area contributed by atoms with E-state index in [1.165, 1.54) is 11.1 Å². The third-order valence-corrected chi connectivity index (χ3v) is 8.51. The number of rotatable bonds is 8. The summed E-state index contributed by atoms with van der Waals surface area (Å²) in [7, 11) is 2.19. The van der Waals surface area contributed by atoms with E-state index >= 15 is 0 Å². The molecule has 3 heterocycles. The predicted molar refractivity (Wildman–Crippen MR) is 169 cm³/mol. The van der Waals surface area contributed by atoms with E-state index in [0.717, 1.165) is 73.1 Å². The topological polar surface area (TPSA) is 66.6 Å². The molecule has 42 heavy (non-hydrogen) atoms. The first-order chi connectivity index (χ1) is 20.4. The highest BCUT2D eigenvalue weighted by Gasteiger charge is 2.30. The third-order valence-electron chi connectivity index (χ3n) is 8.26. The van der Waals surface area contributed by atoms with Crippen molar-refractivity contribution in [2.75, 3.05) is 33.2 Å². The number of piperazine rings is 1. The van der Waals surface area contributed by atoms with Gasteiger partial charge in [-0.15, -0.1) is 10.2 Å². The van der Waals surface area contributed by atoms with Gasteiger partial charge in [0.15, 0.2) is 5.82 Å². The van der Waals surface area contributed by atoms with Crippen LogP contribution in [0.1, 0.15) is 60.6 Å². The summed E-state index contributed by atoms with van der Waals surface area (Å²) in [5.41, 5.74) is 7.31. The van der Waals surface area contributed by atoms with Gasteiger partial charge >= 0.3 is 0 Å². The van der Waals surface area contributed by atoms with Crippen molar-refractivity contribution in [1.29, 1.82) is 0 Å². The minimum atomic E-state index is -0.432. The van der Waals surface area contributed by atoms with E-state index < -0.39 is 6.04 Å². The predicted octanol–water partition coefficient (Wildman–Crippen LogP) is 6.29. The van der Waals surface area contributed by atoms with Gasteiger partial charge < -0.3 is 4.90 Å². The Morgan fingerprint density at radius 3 is 2.43 bits per heavy atom. The summed E-state index contributed by atoms with van der Waals surface area (Å²) in [6, 6.07) is 22.7. The number of benzene rings is 3. The van der Waals surface area contributed by atoms with Gasteiger partial charge in [0, 0.05) is 61.7 Å². The fraction of sp³-hybridized carbons (Fsp3) is 0.353. The van der Waals surface area contributed by atoms with E-state index in [-0.39, 0.29) is 12.2 Å². The number of fused-ring (bicyclic) bond motifs is 3. The van der Waals surface area contributed by atoms with Crippen LogP contribution in [0.5, 0.6) is 0 Å². The van der Waals surface area contributed by atoms with Crippen molar-refractivity contribution in [3.8, 4) is 16.8 Å². The molecule has 2 aliphatic rings. The van der Waals surface area contributed by atoms with Crippen LogP contribution in [0.2, 0.25) is 5.02 Å². The maximum atomic E-state index is 12.9. The van der Waals surface area contributed by atoms with E-state index in [4.69, 9.17) is 16.6 Å². The second kappa shape index (κ2) is 12.3. The normalized spacial score (nSPS) is 17.3. The first kappa shape index (κ1) is 28.5. The number of aromatic nitrogens is 3. The molecular formula is C34H37ClN6O. The van der Waals surface area contributed by atoms with Crippen molar-refractivity contribution in [2.45, 2.75) is 45.7 Å². The zero-order valence-electron chi connectivity index (χ0n) is 24.6.